The number of rotatable bonds is 4. The molecule has 0 bridgehead atoms. The lowest BCUT2D eigenvalue weighted by molar-refractivity contribution is -0.125. The van der Waals surface area contributed by atoms with Crippen molar-refractivity contribution in [2.24, 2.45) is 5.92 Å². The summed E-state index contributed by atoms with van der Waals surface area (Å²) in [5.74, 6) is -0.110. The molecule has 1 aromatic rings. The van der Waals surface area contributed by atoms with Gasteiger partial charge in [0.25, 0.3) is 0 Å². The van der Waals surface area contributed by atoms with Crippen LogP contribution < -0.4 is 5.32 Å². The molecule has 1 atom stereocenters. The Morgan fingerprint density at radius 2 is 1.93 bits per heavy atom. The monoisotopic (exact) mass is 207 g/mol. The summed E-state index contributed by atoms with van der Waals surface area (Å²) in [6.45, 7) is 3.58. The number of aliphatic hydroxyl groups excluding tert-OH is 1. The lowest BCUT2D eigenvalue weighted by Gasteiger charge is -2.17. The van der Waals surface area contributed by atoms with E-state index in [1.165, 1.54) is 0 Å². The Bertz CT molecular complexity index is 309. The molecule has 0 aliphatic heterocycles. The number of aliphatic hydroxyl groups is 1. The zero-order chi connectivity index (χ0) is 11.3. The molecule has 1 rings (SSSR count). The number of nitrogens with one attached hydrogen (secondary N) is 1. The largest absolute Gasteiger partial charge is 0.394 e. The van der Waals surface area contributed by atoms with E-state index in [1.54, 1.807) is 0 Å². The molecule has 82 valence electrons. The van der Waals surface area contributed by atoms with Crippen LogP contribution in [0.5, 0.6) is 0 Å². The molecule has 0 aliphatic rings. The first-order valence-electron chi connectivity index (χ1n) is 5.11. The van der Waals surface area contributed by atoms with Crippen LogP contribution in [0.25, 0.3) is 0 Å². The van der Waals surface area contributed by atoms with E-state index >= 15 is 0 Å². The summed E-state index contributed by atoms with van der Waals surface area (Å²) >= 11 is 0. The molecule has 0 saturated heterocycles. The maximum Gasteiger partial charge on any atom is 0.223 e. The van der Waals surface area contributed by atoms with Crippen molar-refractivity contribution >= 4 is 5.91 Å². The number of amides is 1. The summed E-state index contributed by atoms with van der Waals surface area (Å²) in [7, 11) is 0. The normalized spacial score (nSPS) is 12.5. The summed E-state index contributed by atoms with van der Waals surface area (Å²) in [5.41, 5.74) is 0.925. The van der Waals surface area contributed by atoms with E-state index in [4.69, 9.17) is 0 Å². The van der Waals surface area contributed by atoms with Crippen LogP contribution in [-0.2, 0) is 4.79 Å². The lowest BCUT2D eigenvalue weighted by atomic mass is 10.1. The van der Waals surface area contributed by atoms with E-state index in [-0.39, 0.29) is 24.5 Å². The van der Waals surface area contributed by atoms with E-state index in [1.807, 2.05) is 44.2 Å². The maximum atomic E-state index is 11.5. The fourth-order valence-corrected chi connectivity index (χ4v) is 1.26. The van der Waals surface area contributed by atoms with Gasteiger partial charge in [-0.15, -0.1) is 0 Å². The van der Waals surface area contributed by atoms with Gasteiger partial charge in [0.15, 0.2) is 0 Å². The third-order valence-electron chi connectivity index (χ3n) is 2.23. The molecule has 0 fully saturated rings. The van der Waals surface area contributed by atoms with Crippen molar-refractivity contribution < 1.29 is 9.90 Å². The average molecular weight is 207 g/mol. The van der Waals surface area contributed by atoms with Crippen molar-refractivity contribution in [2.45, 2.75) is 19.9 Å². The molecule has 3 nitrogen and oxygen atoms in total. The number of hydrogen-bond acceptors (Lipinski definition) is 2. The molecule has 0 radical (unpaired) electrons. The first kappa shape index (κ1) is 11.7. The fraction of sp³-hybridized carbons (Fsp3) is 0.417. The van der Waals surface area contributed by atoms with Gasteiger partial charge < -0.3 is 10.4 Å². The Labute approximate surface area is 90.1 Å². The van der Waals surface area contributed by atoms with Crippen molar-refractivity contribution in [1.82, 2.24) is 5.32 Å². The van der Waals surface area contributed by atoms with Crippen LogP contribution in [0.15, 0.2) is 30.3 Å². The van der Waals surface area contributed by atoms with Gasteiger partial charge in [-0.25, -0.2) is 0 Å². The smallest absolute Gasteiger partial charge is 0.223 e. The molecule has 1 unspecified atom stereocenters. The van der Waals surface area contributed by atoms with Gasteiger partial charge in [0, 0.05) is 5.92 Å². The maximum absolute atomic E-state index is 11.5. The highest BCUT2D eigenvalue weighted by atomic mass is 16.3. The minimum absolute atomic E-state index is 0.0436. The van der Waals surface area contributed by atoms with Crippen molar-refractivity contribution in [3.05, 3.63) is 35.9 Å². The second-order valence-electron chi connectivity index (χ2n) is 3.81. The molecule has 3 heteroatoms. The Balaban J connectivity index is 2.69. The standard InChI is InChI=1S/C12H17NO2/c1-9(2)12(15)13-11(8-14)10-6-4-3-5-7-10/h3-7,9,11,14H,8H2,1-2H3,(H,13,15). The van der Waals surface area contributed by atoms with Crippen LogP contribution >= 0.6 is 0 Å². The molecule has 0 aromatic heterocycles. The first-order valence-corrected chi connectivity index (χ1v) is 5.11. The van der Waals surface area contributed by atoms with Gasteiger partial charge in [0.2, 0.25) is 5.91 Å². The molecule has 1 amide bonds. The number of carbonyl (C=O) groups excluding carboxylic acids is 1. The predicted octanol–water partition coefficient (Wildman–Crippen LogP) is 1.49. The van der Waals surface area contributed by atoms with Crippen molar-refractivity contribution in [3.63, 3.8) is 0 Å². The van der Waals surface area contributed by atoms with Gasteiger partial charge in [-0.2, -0.15) is 0 Å². The van der Waals surface area contributed by atoms with Crippen molar-refractivity contribution in [2.75, 3.05) is 6.61 Å². The Kier molecular flexibility index (Phi) is 4.31. The van der Waals surface area contributed by atoms with E-state index in [0.717, 1.165) is 5.56 Å². The molecular weight excluding hydrogens is 190 g/mol. The summed E-state index contributed by atoms with van der Waals surface area (Å²) < 4.78 is 0. The summed E-state index contributed by atoms with van der Waals surface area (Å²) in [6.07, 6.45) is 0. The molecule has 0 saturated carbocycles. The molecule has 1 aromatic carbocycles. The van der Waals surface area contributed by atoms with Crippen LogP contribution in [-0.4, -0.2) is 17.6 Å². The zero-order valence-electron chi connectivity index (χ0n) is 9.10. The van der Waals surface area contributed by atoms with Crippen molar-refractivity contribution in [3.8, 4) is 0 Å². The van der Waals surface area contributed by atoms with Crippen LogP contribution in [0.3, 0.4) is 0 Å². The van der Waals surface area contributed by atoms with E-state index in [9.17, 15) is 9.90 Å². The highest BCUT2D eigenvalue weighted by Gasteiger charge is 2.14. The second kappa shape index (κ2) is 5.51. The van der Waals surface area contributed by atoms with Gasteiger partial charge in [-0.05, 0) is 5.56 Å². The van der Waals surface area contributed by atoms with Crippen LogP contribution in [0.2, 0.25) is 0 Å². The third kappa shape index (κ3) is 3.36. The summed E-state index contributed by atoms with van der Waals surface area (Å²) in [4.78, 5) is 11.5. The molecule has 15 heavy (non-hydrogen) atoms. The minimum Gasteiger partial charge on any atom is -0.394 e. The number of carbonyl (C=O) groups is 1. The van der Waals surface area contributed by atoms with Gasteiger partial charge >= 0.3 is 0 Å². The van der Waals surface area contributed by atoms with E-state index < -0.39 is 0 Å². The molecular formula is C12H17NO2. The van der Waals surface area contributed by atoms with Crippen LogP contribution in [0.4, 0.5) is 0 Å². The SMILES string of the molecule is CC(C)C(=O)NC(CO)c1ccccc1. The second-order valence-corrected chi connectivity index (χ2v) is 3.81. The Hall–Kier alpha value is -1.35. The number of benzene rings is 1. The quantitative estimate of drug-likeness (QED) is 0.786. The molecule has 0 spiro atoms. The molecule has 0 heterocycles. The third-order valence-corrected chi connectivity index (χ3v) is 2.23. The van der Waals surface area contributed by atoms with Crippen LogP contribution in [0, 0.1) is 5.92 Å². The Morgan fingerprint density at radius 3 is 2.40 bits per heavy atom. The molecule has 2 N–H and O–H groups in total. The van der Waals surface area contributed by atoms with Gasteiger partial charge in [-0.3, -0.25) is 4.79 Å². The molecule has 0 aliphatic carbocycles. The highest BCUT2D eigenvalue weighted by Crippen LogP contribution is 2.12. The van der Waals surface area contributed by atoms with Gasteiger partial charge in [-0.1, -0.05) is 44.2 Å². The van der Waals surface area contributed by atoms with Crippen LogP contribution in [0.1, 0.15) is 25.5 Å². The lowest BCUT2D eigenvalue weighted by Crippen LogP contribution is -2.33. The van der Waals surface area contributed by atoms with Gasteiger partial charge in [0.1, 0.15) is 0 Å². The Morgan fingerprint density at radius 1 is 1.33 bits per heavy atom. The van der Waals surface area contributed by atoms with Gasteiger partial charge in [0.05, 0.1) is 12.6 Å². The predicted molar refractivity (Wildman–Crippen MR) is 59.2 cm³/mol. The topological polar surface area (TPSA) is 49.3 Å². The minimum atomic E-state index is -0.305. The first-order chi connectivity index (χ1) is 7.15. The number of hydrogen-bond donors (Lipinski definition) is 2. The summed E-state index contributed by atoms with van der Waals surface area (Å²) in [5, 5.41) is 12.0. The zero-order valence-corrected chi connectivity index (χ0v) is 9.10. The fourth-order valence-electron chi connectivity index (χ4n) is 1.26. The summed E-state index contributed by atoms with van der Waals surface area (Å²) in [6, 6.07) is 9.16. The van der Waals surface area contributed by atoms with Crippen molar-refractivity contribution in [1.29, 1.82) is 0 Å². The van der Waals surface area contributed by atoms with E-state index in [0.29, 0.717) is 0 Å². The highest BCUT2D eigenvalue weighted by molar-refractivity contribution is 5.78. The average Bonchev–Trinajstić information content (AvgIpc) is 2.26. The van der Waals surface area contributed by atoms with E-state index in [2.05, 4.69) is 5.32 Å².